The van der Waals surface area contributed by atoms with E-state index >= 15 is 0 Å². The van der Waals surface area contributed by atoms with E-state index in [1.807, 2.05) is 20.8 Å². The van der Waals surface area contributed by atoms with Crippen LogP contribution in [0.3, 0.4) is 0 Å². The third-order valence-corrected chi connectivity index (χ3v) is 9.03. The lowest BCUT2D eigenvalue weighted by molar-refractivity contribution is -0.144. The monoisotopic (exact) mass is 611 g/mol. The van der Waals surface area contributed by atoms with E-state index in [9.17, 15) is 24.0 Å². The van der Waals surface area contributed by atoms with Crippen molar-refractivity contribution in [3.05, 3.63) is 25.3 Å². The summed E-state index contributed by atoms with van der Waals surface area (Å²) in [6.45, 7) is 13.0. The van der Waals surface area contributed by atoms with Gasteiger partial charge in [-0.2, -0.15) is 0 Å². The SMILES string of the molecule is C=CCC[C@H](NC(=O)[C@@H]1[C@@H]2[C@H](CN1C(=O)[C@@H](NC(=O)NC(C)(C)C)C1CCCCC1)C2(Cl)Cl)C(=O)C(=O)NCC=C. The molecule has 228 valence electrons. The standard InChI is InChI=1S/C29H43Cl2N5O5/c1-6-8-14-19(23(37)25(39)32-15-7-2)33-24(38)22-20-18(29(20,30)31)16-36(22)26(40)21(17-12-10-9-11-13-17)34-27(41)35-28(3,4)5/h6-7,17-22H,1-2,8-16H2,3-5H3,(H,32,39)(H,33,38)(H2,34,35,41)/t18-,19-,20-,21-,22-/m0/s1. The van der Waals surface area contributed by atoms with Gasteiger partial charge in [-0.25, -0.2) is 4.79 Å². The maximum absolute atomic E-state index is 14.1. The Labute approximate surface area is 252 Å². The van der Waals surface area contributed by atoms with Crippen LogP contribution in [0.2, 0.25) is 0 Å². The number of hydrogen-bond acceptors (Lipinski definition) is 5. The molecule has 1 saturated heterocycles. The first-order valence-corrected chi connectivity index (χ1v) is 15.1. The lowest BCUT2D eigenvalue weighted by Crippen LogP contribution is -2.61. The fourth-order valence-electron chi connectivity index (χ4n) is 5.90. The zero-order chi connectivity index (χ0) is 30.5. The molecule has 12 heteroatoms. The molecule has 4 N–H and O–H groups in total. The van der Waals surface area contributed by atoms with Crippen molar-refractivity contribution in [3.63, 3.8) is 0 Å². The number of alkyl halides is 2. The van der Waals surface area contributed by atoms with Gasteiger partial charge < -0.3 is 26.2 Å². The van der Waals surface area contributed by atoms with Crippen molar-refractivity contribution < 1.29 is 24.0 Å². The number of urea groups is 1. The van der Waals surface area contributed by atoms with Gasteiger partial charge in [0, 0.05) is 30.5 Å². The van der Waals surface area contributed by atoms with E-state index < -0.39 is 57.5 Å². The van der Waals surface area contributed by atoms with Crippen LogP contribution in [-0.2, 0) is 19.2 Å². The molecule has 5 atom stereocenters. The summed E-state index contributed by atoms with van der Waals surface area (Å²) in [4.78, 5) is 67.5. The van der Waals surface area contributed by atoms with E-state index in [4.69, 9.17) is 23.2 Å². The zero-order valence-electron chi connectivity index (χ0n) is 24.1. The average molecular weight is 613 g/mol. The van der Waals surface area contributed by atoms with Crippen LogP contribution in [0.4, 0.5) is 4.79 Å². The van der Waals surface area contributed by atoms with Crippen LogP contribution in [0.15, 0.2) is 25.3 Å². The Bertz CT molecular complexity index is 1050. The van der Waals surface area contributed by atoms with Crippen molar-refractivity contribution in [3.8, 4) is 0 Å². The Hall–Kier alpha value is -2.59. The summed E-state index contributed by atoms with van der Waals surface area (Å²) in [5.74, 6) is -3.62. The lowest BCUT2D eigenvalue weighted by atomic mass is 9.83. The number of halogens is 2. The zero-order valence-corrected chi connectivity index (χ0v) is 25.7. The van der Waals surface area contributed by atoms with Crippen molar-refractivity contribution in [1.82, 2.24) is 26.2 Å². The minimum absolute atomic E-state index is 0.0881. The molecular formula is C29H43Cl2N5O5. The van der Waals surface area contributed by atoms with Crippen molar-refractivity contribution in [1.29, 1.82) is 0 Å². The number of piperidine rings is 1. The second-order valence-corrected chi connectivity index (χ2v) is 13.7. The first-order chi connectivity index (χ1) is 19.2. The second-order valence-electron chi connectivity index (χ2n) is 12.3. The summed E-state index contributed by atoms with van der Waals surface area (Å²) in [5, 5.41) is 10.9. The number of rotatable bonds is 12. The summed E-state index contributed by atoms with van der Waals surface area (Å²) in [6.07, 6.45) is 8.05. The van der Waals surface area contributed by atoms with Crippen LogP contribution in [0.5, 0.6) is 0 Å². The van der Waals surface area contributed by atoms with Gasteiger partial charge in [0.05, 0.1) is 6.04 Å². The van der Waals surface area contributed by atoms with Crippen LogP contribution >= 0.6 is 23.2 Å². The molecule has 0 bridgehead atoms. The highest BCUT2D eigenvalue weighted by molar-refractivity contribution is 6.51. The van der Waals surface area contributed by atoms with Gasteiger partial charge in [-0.1, -0.05) is 31.4 Å². The minimum atomic E-state index is -1.20. The molecular weight excluding hydrogens is 569 g/mol. The van der Waals surface area contributed by atoms with Gasteiger partial charge in [0.1, 0.15) is 16.4 Å². The smallest absolute Gasteiger partial charge is 0.315 e. The van der Waals surface area contributed by atoms with Gasteiger partial charge in [0.15, 0.2) is 0 Å². The minimum Gasteiger partial charge on any atom is -0.346 e. The van der Waals surface area contributed by atoms with Crippen LogP contribution in [0.1, 0.15) is 65.7 Å². The van der Waals surface area contributed by atoms with Crippen molar-refractivity contribution in [2.75, 3.05) is 13.1 Å². The van der Waals surface area contributed by atoms with Crippen molar-refractivity contribution in [2.24, 2.45) is 17.8 Å². The van der Waals surface area contributed by atoms with E-state index in [0.717, 1.165) is 32.1 Å². The Morgan fingerprint density at radius 2 is 1.68 bits per heavy atom. The molecule has 0 unspecified atom stereocenters. The van der Waals surface area contributed by atoms with Crippen LogP contribution in [-0.4, -0.2) is 75.5 Å². The number of carbonyl (C=O) groups is 5. The van der Waals surface area contributed by atoms with Crippen molar-refractivity contribution in [2.45, 2.75) is 93.7 Å². The molecule has 0 aromatic rings. The highest BCUT2D eigenvalue weighted by Gasteiger charge is 2.74. The van der Waals surface area contributed by atoms with Gasteiger partial charge in [-0.15, -0.1) is 36.4 Å². The predicted octanol–water partition coefficient (Wildman–Crippen LogP) is 2.99. The lowest BCUT2D eigenvalue weighted by Gasteiger charge is -2.37. The topological polar surface area (TPSA) is 137 Å². The highest BCUT2D eigenvalue weighted by atomic mass is 35.5. The third kappa shape index (κ3) is 8.03. The first kappa shape index (κ1) is 32.9. The highest BCUT2D eigenvalue weighted by Crippen LogP contribution is 2.65. The molecule has 0 spiro atoms. The van der Waals surface area contributed by atoms with Gasteiger partial charge >= 0.3 is 6.03 Å². The van der Waals surface area contributed by atoms with Crippen LogP contribution < -0.4 is 21.3 Å². The molecule has 1 heterocycles. The normalized spacial score (nSPS) is 24.7. The van der Waals surface area contributed by atoms with Crippen LogP contribution in [0.25, 0.3) is 0 Å². The number of carbonyl (C=O) groups excluding carboxylic acids is 5. The summed E-state index contributed by atoms with van der Waals surface area (Å²) in [6, 6.07) is -3.49. The van der Waals surface area contributed by atoms with Gasteiger partial charge in [-0.05, 0) is 52.4 Å². The van der Waals surface area contributed by atoms with E-state index in [1.165, 1.54) is 11.0 Å². The fraction of sp³-hybridized carbons (Fsp3) is 0.690. The molecule has 2 saturated carbocycles. The molecule has 3 fully saturated rings. The van der Waals surface area contributed by atoms with E-state index in [-0.39, 0.29) is 37.3 Å². The Morgan fingerprint density at radius 1 is 1.02 bits per heavy atom. The number of hydrogen-bond donors (Lipinski definition) is 4. The van der Waals surface area contributed by atoms with E-state index in [1.54, 1.807) is 6.08 Å². The van der Waals surface area contributed by atoms with Gasteiger partial charge in [0.2, 0.25) is 17.6 Å². The van der Waals surface area contributed by atoms with Crippen molar-refractivity contribution >= 4 is 52.7 Å². The summed E-state index contributed by atoms with van der Waals surface area (Å²) in [7, 11) is 0. The summed E-state index contributed by atoms with van der Waals surface area (Å²) in [5.41, 5.74) is -0.510. The average Bonchev–Trinajstić information content (AvgIpc) is 3.23. The van der Waals surface area contributed by atoms with Gasteiger partial charge in [0.25, 0.3) is 5.91 Å². The first-order valence-electron chi connectivity index (χ1n) is 14.3. The number of ketones is 1. The molecule has 0 aromatic carbocycles. The van der Waals surface area contributed by atoms with Crippen LogP contribution in [0, 0.1) is 17.8 Å². The number of nitrogens with zero attached hydrogens (tertiary/aromatic N) is 1. The molecule has 3 aliphatic rings. The van der Waals surface area contributed by atoms with E-state index in [2.05, 4.69) is 34.4 Å². The number of amides is 5. The third-order valence-electron chi connectivity index (χ3n) is 7.97. The maximum atomic E-state index is 14.1. The predicted molar refractivity (Wildman–Crippen MR) is 158 cm³/mol. The Balaban J connectivity index is 1.85. The molecule has 41 heavy (non-hydrogen) atoms. The molecule has 3 rings (SSSR count). The Kier molecular flexibility index (Phi) is 10.9. The number of Topliss-reactive ketones (excluding diaryl/α,β-unsaturated/α-hetero) is 1. The molecule has 0 radical (unpaired) electrons. The number of allylic oxidation sites excluding steroid dienone is 1. The number of fused-ring (bicyclic) bond motifs is 1. The molecule has 5 amide bonds. The number of nitrogens with one attached hydrogen (secondary N) is 4. The number of likely N-dealkylation sites (tertiary alicyclic amines) is 1. The fourth-order valence-corrected chi connectivity index (χ4v) is 6.73. The largest absolute Gasteiger partial charge is 0.346 e. The molecule has 2 aliphatic carbocycles. The summed E-state index contributed by atoms with van der Waals surface area (Å²) >= 11 is 13.0. The summed E-state index contributed by atoms with van der Waals surface area (Å²) < 4.78 is -1.20. The van der Waals surface area contributed by atoms with E-state index in [0.29, 0.717) is 6.42 Å². The maximum Gasteiger partial charge on any atom is 0.315 e. The molecule has 0 aromatic heterocycles. The molecule has 10 nitrogen and oxygen atoms in total. The Morgan fingerprint density at radius 3 is 2.27 bits per heavy atom. The quantitative estimate of drug-likeness (QED) is 0.153. The molecule has 1 aliphatic heterocycles. The second kappa shape index (κ2) is 13.6. The van der Waals surface area contributed by atoms with Gasteiger partial charge in [-0.3, -0.25) is 19.2 Å².